The van der Waals surface area contributed by atoms with Crippen molar-refractivity contribution < 1.29 is 29.2 Å². The smallest absolute Gasteiger partial charge is 0.325 e. The molecule has 0 saturated heterocycles. The Balaban J connectivity index is 1.76. The number of benzene rings is 2. The van der Waals surface area contributed by atoms with Crippen molar-refractivity contribution in [1.29, 1.82) is 0 Å². The lowest BCUT2D eigenvalue weighted by atomic mass is 10.1. The minimum Gasteiger partial charge on any atom is -0.507 e. The van der Waals surface area contributed by atoms with E-state index in [-0.39, 0.29) is 23.5 Å². The van der Waals surface area contributed by atoms with Crippen LogP contribution in [0.25, 0.3) is 22.4 Å². The van der Waals surface area contributed by atoms with Crippen LogP contribution in [0.2, 0.25) is 0 Å². The van der Waals surface area contributed by atoms with Crippen LogP contribution in [-0.4, -0.2) is 58.0 Å². The second kappa shape index (κ2) is 8.90. The summed E-state index contributed by atoms with van der Waals surface area (Å²) in [7, 11) is 1.18. The van der Waals surface area contributed by atoms with Crippen molar-refractivity contribution >= 4 is 34.5 Å². The number of aromatic amines is 1. The van der Waals surface area contributed by atoms with Gasteiger partial charge in [0.05, 0.1) is 35.2 Å². The van der Waals surface area contributed by atoms with Crippen LogP contribution < -0.4 is 10.6 Å². The summed E-state index contributed by atoms with van der Waals surface area (Å²) in [6.07, 6.45) is 0. The predicted octanol–water partition coefficient (Wildman–Crippen LogP) is 0.863. The molecule has 0 fully saturated rings. The Labute approximate surface area is 174 Å². The molecule has 4 N–H and O–H groups in total. The Morgan fingerprint density at radius 2 is 1.94 bits per heavy atom. The van der Waals surface area contributed by atoms with E-state index in [4.69, 9.17) is 0 Å². The quantitative estimate of drug-likeness (QED) is 0.244. The predicted molar refractivity (Wildman–Crippen MR) is 107 cm³/mol. The van der Waals surface area contributed by atoms with Gasteiger partial charge < -0.3 is 25.5 Å². The Morgan fingerprint density at radius 3 is 2.65 bits per heavy atom. The van der Waals surface area contributed by atoms with Crippen LogP contribution in [0.5, 0.6) is 5.75 Å². The van der Waals surface area contributed by atoms with E-state index in [0.717, 1.165) is 0 Å². The highest BCUT2D eigenvalue weighted by molar-refractivity contribution is 6.00. The van der Waals surface area contributed by atoms with E-state index in [0.29, 0.717) is 22.4 Å². The van der Waals surface area contributed by atoms with E-state index in [1.807, 2.05) is 0 Å². The van der Waals surface area contributed by atoms with E-state index >= 15 is 0 Å². The van der Waals surface area contributed by atoms with Gasteiger partial charge in [-0.3, -0.25) is 24.5 Å². The highest BCUT2D eigenvalue weighted by Crippen LogP contribution is 2.27. The maximum Gasteiger partial charge on any atom is 0.325 e. The number of carbonyl (C=O) groups is 3. The topological polar surface area (TPSA) is 177 Å². The Hall–Kier alpha value is -4.48. The van der Waals surface area contributed by atoms with Crippen molar-refractivity contribution in [3.8, 4) is 17.1 Å². The van der Waals surface area contributed by atoms with E-state index in [9.17, 15) is 29.6 Å². The third-order valence-corrected chi connectivity index (χ3v) is 4.26. The first-order chi connectivity index (χ1) is 14.8. The van der Waals surface area contributed by atoms with Crippen LogP contribution in [0.4, 0.5) is 5.69 Å². The van der Waals surface area contributed by atoms with Gasteiger partial charge >= 0.3 is 5.97 Å². The van der Waals surface area contributed by atoms with Crippen LogP contribution in [0.3, 0.4) is 0 Å². The molecule has 0 atom stereocenters. The number of carbonyl (C=O) groups excluding carboxylic acids is 3. The molecule has 0 unspecified atom stereocenters. The number of ether oxygens (including phenoxy) is 1. The number of nitrogens with one attached hydrogen (secondary N) is 3. The summed E-state index contributed by atoms with van der Waals surface area (Å²) in [5, 5.41) is 25.6. The lowest BCUT2D eigenvalue weighted by Gasteiger charge is -2.08. The Kier molecular flexibility index (Phi) is 6.10. The molecule has 1 heterocycles. The molecule has 0 bridgehead atoms. The van der Waals surface area contributed by atoms with Crippen LogP contribution in [0, 0.1) is 10.1 Å². The third-order valence-electron chi connectivity index (χ3n) is 4.26. The second-order valence-corrected chi connectivity index (χ2v) is 6.31. The number of aromatic nitrogens is 2. The number of phenolic OH excluding ortho intramolecular Hbond substituents is 1. The molecule has 160 valence electrons. The fourth-order valence-corrected chi connectivity index (χ4v) is 2.67. The third kappa shape index (κ3) is 4.93. The lowest BCUT2D eigenvalue weighted by Crippen LogP contribution is -2.39. The van der Waals surface area contributed by atoms with Crippen LogP contribution >= 0.6 is 0 Å². The van der Waals surface area contributed by atoms with Crippen LogP contribution in [0.15, 0.2) is 36.4 Å². The molecule has 12 nitrogen and oxygen atoms in total. The molecule has 3 rings (SSSR count). The lowest BCUT2D eigenvalue weighted by molar-refractivity contribution is -0.384. The molecule has 1 aromatic heterocycles. The van der Waals surface area contributed by atoms with Gasteiger partial charge in [-0.15, -0.1) is 0 Å². The summed E-state index contributed by atoms with van der Waals surface area (Å²) in [6.45, 7) is -0.760. The normalized spacial score (nSPS) is 10.5. The maximum absolute atomic E-state index is 12.4. The number of hydrogen-bond acceptors (Lipinski definition) is 8. The molecule has 3 aromatic rings. The number of H-pyrrole nitrogens is 1. The van der Waals surface area contributed by atoms with Gasteiger partial charge in [0, 0.05) is 17.7 Å². The zero-order valence-electron chi connectivity index (χ0n) is 16.2. The zero-order valence-corrected chi connectivity index (χ0v) is 16.2. The van der Waals surface area contributed by atoms with Crippen molar-refractivity contribution in [2.24, 2.45) is 0 Å². The van der Waals surface area contributed by atoms with Crippen molar-refractivity contribution in [3.63, 3.8) is 0 Å². The van der Waals surface area contributed by atoms with Crippen molar-refractivity contribution in [3.05, 3.63) is 52.1 Å². The number of rotatable bonds is 7. The molecule has 31 heavy (non-hydrogen) atoms. The minimum atomic E-state index is -0.723. The van der Waals surface area contributed by atoms with Crippen molar-refractivity contribution in [1.82, 2.24) is 20.6 Å². The Bertz CT molecular complexity index is 1190. The summed E-state index contributed by atoms with van der Waals surface area (Å²) in [4.78, 5) is 52.8. The minimum absolute atomic E-state index is 0.0982. The number of nitro benzene ring substituents is 1. The summed E-state index contributed by atoms with van der Waals surface area (Å²) in [6, 6.07) is 8.33. The molecule has 0 aliphatic rings. The highest BCUT2D eigenvalue weighted by atomic mass is 16.6. The molecule has 0 spiro atoms. The number of fused-ring (bicyclic) bond motifs is 1. The molecule has 0 saturated carbocycles. The first-order valence-electron chi connectivity index (χ1n) is 8.87. The van der Waals surface area contributed by atoms with Gasteiger partial charge in [-0.05, 0) is 24.3 Å². The van der Waals surface area contributed by atoms with Gasteiger partial charge in [-0.25, -0.2) is 4.98 Å². The summed E-state index contributed by atoms with van der Waals surface area (Å²) >= 11 is 0. The summed E-state index contributed by atoms with van der Waals surface area (Å²) in [5.41, 5.74) is 1.16. The number of methoxy groups -OCH3 is 1. The van der Waals surface area contributed by atoms with E-state index in [1.54, 1.807) is 0 Å². The number of aromatic hydroxyl groups is 1. The number of non-ortho nitro benzene ring substituents is 1. The summed E-state index contributed by atoms with van der Waals surface area (Å²) < 4.78 is 4.39. The van der Waals surface area contributed by atoms with Gasteiger partial charge in [-0.2, -0.15) is 0 Å². The fraction of sp³-hybridized carbons (Fsp3) is 0.158. The van der Waals surface area contributed by atoms with Gasteiger partial charge in [0.1, 0.15) is 18.1 Å². The number of phenols is 1. The molecule has 0 aliphatic carbocycles. The monoisotopic (exact) mass is 427 g/mol. The SMILES string of the molecule is COC(=O)CNC(=O)CNC(=O)c1cc(-c2nc3ccc([N+](=O)[O-])cc3[nH]2)ccc1O. The average molecular weight is 427 g/mol. The number of nitro groups is 1. The molecule has 12 heteroatoms. The molecular weight excluding hydrogens is 410 g/mol. The second-order valence-electron chi connectivity index (χ2n) is 6.31. The first-order valence-corrected chi connectivity index (χ1v) is 8.87. The standard InChI is InChI=1S/C19H17N5O7/c1-31-17(27)9-20-16(26)8-21-19(28)12-6-10(2-5-15(12)25)18-22-13-4-3-11(24(29)30)7-14(13)23-18/h2-7,25H,8-9H2,1H3,(H,20,26)(H,21,28)(H,22,23). The number of amides is 2. The number of imidazole rings is 1. The number of hydrogen-bond donors (Lipinski definition) is 4. The van der Waals surface area contributed by atoms with Gasteiger partial charge in [-0.1, -0.05) is 0 Å². The van der Waals surface area contributed by atoms with Gasteiger partial charge in [0.15, 0.2) is 0 Å². The van der Waals surface area contributed by atoms with Crippen molar-refractivity contribution in [2.75, 3.05) is 20.2 Å². The number of esters is 1. The van der Waals surface area contributed by atoms with E-state index in [2.05, 4.69) is 25.3 Å². The van der Waals surface area contributed by atoms with E-state index < -0.39 is 29.3 Å². The fourth-order valence-electron chi connectivity index (χ4n) is 2.67. The van der Waals surface area contributed by atoms with Gasteiger partial charge in [0.2, 0.25) is 5.91 Å². The Morgan fingerprint density at radius 1 is 1.16 bits per heavy atom. The molecule has 2 amide bonds. The first kappa shape index (κ1) is 21.2. The zero-order chi connectivity index (χ0) is 22.5. The maximum atomic E-state index is 12.4. The van der Waals surface area contributed by atoms with Gasteiger partial charge in [0.25, 0.3) is 11.6 Å². The number of nitrogens with zero attached hydrogens (tertiary/aromatic N) is 2. The summed E-state index contributed by atoms with van der Waals surface area (Å²) in [5.74, 6) is -1.96. The van der Waals surface area contributed by atoms with Crippen LogP contribution in [0.1, 0.15) is 10.4 Å². The van der Waals surface area contributed by atoms with Crippen molar-refractivity contribution in [2.45, 2.75) is 0 Å². The van der Waals surface area contributed by atoms with E-state index in [1.165, 1.54) is 43.5 Å². The molecular formula is C19H17N5O7. The van der Waals surface area contributed by atoms with Crippen LogP contribution in [-0.2, 0) is 14.3 Å². The average Bonchev–Trinajstić information content (AvgIpc) is 3.19. The largest absolute Gasteiger partial charge is 0.507 e. The molecule has 0 radical (unpaired) electrons. The molecule has 2 aromatic carbocycles. The molecule has 0 aliphatic heterocycles. The highest BCUT2D eigenvalue weighted by Gasteiger charge is 2.16.